The molecule has 0 fully saturated rings. The Morgan fingerprint density at radius 3 is 2.59 bits per heavy atom. The number of esters is 1. The number of Topliss-reactive ketones (excluding diaryl/α,β-unsaturated/α-hetero) is 1. The SMILES string of the molecule is COCCCN1C(=O)C(O)=C(C(=O)C(C)C)C1c1cccc(OC(C)=O)c1. The maximum Gasteiger partial charge on any atom is 0.308 e. The lowest BCUT2D eigenvalue weighted by molar-refractivity contribution is -0.132. The van der Waals surface area contributed by atoms with Crippen LogP contribution in [0.3, 0.4) is 0 Å². The fraction of sp³-hybridized carbons (Fsp3) is 0.450. The van der Waals surface area contributed by atoms with Crippen LogP contribution in [0.2, 0.25) is 0 Å². The number of carbonyl (C=O) groups is 3. The molecule has 27 heavy (non-hydrogen) atoms. The molecule has 7 heteroatoms. The second-order valence-electron chi connectivity index (χ2n) is 6.69. The number of benzene rings is 1. The van der Waals surface area contributed by atoms with Crippen LogP contribution in [0.4, 0.5) is 0 Å². The highest BCUT2D eigenvalue weighted by Crippen LogP contribution is 2.39. The van der Waals surface area contributed by atoms with E-state index in [2.05, 4.69) is 0 Å². The third-order valence-electron chi connectivity index (χ3n) is 4.28. The van der Waals surface area contributed by atoms with Gasteiger partial charge in [-0.25, -0.2) is 0 Å². The van der Waals surface area contributed by atoms with Crippen LogP contribution in [0.1, 0.15) is 38.8 Å². The van der Waals surface area contributed by atoms with E-state index in [0.717, 1.165) is 0 Å². The Kier molecular flexibility index (Phi) is 6.74. The van der Waals surface area contributed by atoms with Crippen molar-refractivity contribution in [3.63, 3.8) is 0 Å². The molecule has 7 nitrogen and oxygen atoms in total. The van der Waals surface area contributed by atoms with Gasteiger partial charge in [0.05, 0.1) is 11.6 Å². The van der Waals surface area contributed by atoms with E-state index in [4.69, 9.17) is 9.47 Å². The smallest absolute Gasteiger partial charge is 0.308 e. The molecule has 0 saturated carbocycles. The van der Waals surface area contributed by atoms with Gasteiger partial charge >= 0.3 is 5.97 Å². The molecule has 0 radical (unpaired) electrons. The summed E-state index contributed by atoms with van der Waals surface area (Å²) in [5.41, 5.74) is 0.667. The highest BCUT2D eigenvalue weighted by atomic mass is 16.5. The lowest BCUT2D eigenvalue weighted by Gasteiger charge is -2.27. The Balaban J connectivity index is 2.48. The topological polar surface area (TPSA) is 93.1 Å². The first-order valence-corrected chi connectivity index (χ1v) is 8.83. The fourth-order valence-electron chi connectivity index (χ4n) is 3.09. The van der Waals surface area contributed by atoms with Crippen LogP contribution in [0, 0.1) is 5.92 Å². The lowest BCUT2D eigenvalue weighted by Crippen LogP contribution is -2.33. The number of hydrogen-bond donors (Lipinski definition) is 1. The minimum atomic E-state index is -0.736. The van der Waals surface area contributed by atoms with Gasteiger partial charge in [0.1, 0.15) is 5.75 Å². The van der Waals surface area contributed by atoms with Gasteiger partial charge in [0, 0.05) is 33.1 Å². The van der Waals surface area contributed by atoms with Gasteiger partial charge in [0.25, 0.3) is 5.91 Å². The van der Waals surface area contributed by atoms with Crippen LogP contribution in [0.25, 0.3) is 0 Å². The molecule has 146 valence electrons. The molecule has 1 aliphatic heterocycles. The van der Waals surface area contributed by atoms with Gasteiger partial charge in [-0.15, -0.1) is 0 Å². The number of carbonyl (C=O) groups excluding carboxylic acids is 3. The van der Waals surface area contributed by atoms with Crippen molar-refractivity contribution < 1.29 is 29.0 Å². The van der Waals surface area contributed by atoms with Gasteiger partial charge in [-0.2, -0.15) is 0 Å². The molecule has 1 N–H and O–H groups in total. The Morgan fingerprint density at radius 2 is 2.00 bits per heavy atom. The van der Waals surface area contributed by atoms with Gasteiger partial charge in [0.2, 0.25) is 0 Å². The monoisotopic (exact) mass is 375 g/mol. The molecule has 1 heterocycles. The highest BCUT2D eigenvalue weighted by Gasteiger charge is 2.43. The molecule has 1 aliphatic rings. The predicted octanol–water partition coefficient (Wildman–Crippen LogP) is 2.57. The Bertz CT molecular complexity index is 767. The summed E-state index contributed by atoms with van der Waals surface area (Å²) in [5.74, 6) is -1.94. The van der Waals surface area contributed by atoms with Gasteiger partial charge < -0.3 is 19.5 Å². The maximum absolute atomic E-state index is 12.7. The summed E-state index contributed by atoms with van der Waals surface area (Å²) in [7, 11) is 1.56. The first-order valence-electron chi connectivity index (χ1n) is 8.83. The quantitative estimate of drug-likeness (QED) is 0.426. The normalized spacial score (nSPS) is 17.0. The average Bonchev–Trinajstić information content (AvgIpc) is 2.85. The zero-order valence-corrected chi connectivity index (χ0v) is 16.0. The molecule has 1 aromatic rings. The first kappa shape index (κ1) is 20.6. The number of methoxy groups -OCH3 is 1. The Labute approximate surface area is 158 Å². The molecule has 0 spiro atoms. The predicted molar refractivity (Wildman–Crippen MR) is 98.2 cm³/mol. The molecular weight excluding hydrogens is 350 g/mol. The van der Waals surface area contributed by atoms with Crippen molar-refractivity contribution in [1.82, 2.24) is 4.90 Å². The molecule has 1 unspecified atom stereocenters. The van der Waals surface area contributed by atoms with Crippen LogP contribution in [0.5, 0.6) is 5.75 Å². The molecule has 0 aliphatic carbocycles. The summed E-state index contributed by atoms with van der Waals surface area (Å²) in [6.07, 6.45) is 0.554. The number of nitrogens with zero attached hydrogens (tertiary/aromatic N) is 1. The molecule has 2 rings (SSSR count). The van der Waals surface area contributed by atoms with E-state index in [-0.39, 0.29) is 17.3 Å². The minimum absolute atomic E-state index is 0.0763. The number of amides is 1. The van der Waals surface area contributed by atoms with Gasteiger partial charge in [-0.1, -0.05) is 26.0 Å². The van der Waals surface area contributed by atoms with Crippen molar-refractivity contribution in [3.8, 4) is 5.75 Å². The fourth-order valence-corrected chi connectivity index (χ4v) is 3.09. The highest BCUT2D eigenvalue weighted by molar-refractivity contribution is 6.09. The third-order valence-corrected chi connectivity index (χ3v) is 4.28. The zero-order valence-electron chi connectivity index (χ0n) is 16.0. The molecule has 1 atom stereocenters. The van der Waals surface area contributed by atoms with Gasteiger partial charge in [-0.3, -0.25) is 14.4 Å². The second-order valence-corrected chi connectivity index (χ2v) is 6.69. The number of aliphatic hydroxyl groups excluding tert-OH is 1. The maximum atomic E-state index is 12.7. The van der Waals surface area contributed by atoms with E-state index < -0.39 is 23.7 Å². The zero-order chi connectivity index (χ0) is 20.1. The number of rotatable bonds is 8. The van der Waals surface area contributed by atoms with Crippen LogP contribution in [-0.4, -0.2) is 47.9 Å². The van der Waals surface area contributed by atoms with Gasteiger partial charge in [0.15, 0.2) is 11.5 Å². The van der Waals surface area contributed by atoms with E-state index in [1.165, 1.54) is 11.8 Å². The van der Waals surface area contributed by atoms with E-state index in [1.54, 1.807) is 45.2 Å². The van der Waals surface area contributed by atoms with Crippen LogP contribution < -0.4 is 4.74 Å². The van der Waals surface area contributed by atoms with E-state index in [0.29, 0.717) is 30.9 Å². The molecule has 1 aromatic carbocycles. The van der Waals surface area contributed by atoms with Crippen molar-refractivity contribution in [2.24, 2.45) is 5.92 Å². The van der Waals surface area contributed by atoms with E-state index in [9.17, 15) is 19.5 Å². The molecule has 1 amide bonds. The summed E-state index contributed by atoms with van der Waals surface area (Å²) >= 11 is 0. The van der Waals surface area contributed by atoms with Crippen molar-refractivity contribution in [2.75, 3.05) is 20.3 Å². The molecule has 0 aromatic heterocycles. The minimum Gasteiger partial charge on any atom is -0.503 e. The standard InChI is InChI=1S/C20H25NO6/c1-12(2)18(23)16-17(14-7-5-8-15(11-14)27-13(3)22)21(9-6-10-26-4)20(25)19(16)24/h5,7-8,11-12,17,24H,6,9-10H2,1-4H3. The largest absolute Gasteiger partial charge is 0.503 e. The van der Waals surface area contributed by atoms with Crippen molar-refractivity contribution >= 4 is 17.7 Å². The Hall–Kier alpha value is -2.67. The van der Waals surface area contributed by atoms with Crippen LogP contribution in [0.15, 0.2) is 35.6 Å². The van der Waals surface area contributed by atoms with Crippen LogP contribution in [-0.2, 0) is 19.1 Å². The number of ketones is 1. The summed E-state index contributed by atoms with van der Waals surface area (Å²) in [6.45, 7) is 5.48. The van der Waals surface area contributed by atoms with Crippen molar-refractivity contribution in [2.45, 2.75) is 33.2 Å². The average molecular weight is 375 g/mol. The van der Waals surface area contributed by atoms with E-state index in [1.807, 2.05) is 0 Å². The van der Waals surface area contributed by atoms with E-state index >= 15 is 0 Å². The van der Waals surface area contributed by atoms with Crippen molar-refractivity contribution in [1.29, 1.82) is 0 Å². The number of aliphatic hydroxyl groups is 1. The second kappa shape index (κ2) is 8.81. The first-order chi connectivity index (χ1) is 12.8. The van der Waals surface area contributed by atoms with Gasteiger partial charge in [-0.05, 0) is 24.1 Å². The summed E-state index contributed by atoms with van der Waals surface area (Å²) < 4.78 is 10.2. The van der Waals surface area contributed by atoms with Crippen LogP contribution >= 0.6 is 0 Å². The summed E-state index contributed by atoms with van der Waals surface area (Å²) in [6, 6.07) is 5.90. The van der Waals surface area contributed by atoms with Crippen molar-refractivity contribution in [3.05, 3.63) is 41.2 Å². The Morgan fingerprint density at radius 1 is 1.30 bits per heavy atom. The number of ether oxygens (including phenoxy) is 2. The molecule has 0 bridgehead atoms. The molecular formula is C20H25NO6. The number of hydrogen-bond acceptors (Lipinski definition) is 6. The molecule has 0 saturated heterocycles. The third kappa shape index (κ3) is 4.54. The summed E-state index contributed by atoms with van der Waals surface area (Å²) in [5, 5.41) is 10.4. The lowest BCUT2D eigenvalue weighted by atomic mass is 9.91. The summed E-state index contributed by atoms with van der Waals surface area (Å²) in [4.78, 5) is 38.0.